The molecule has 106 valence electrons. The molecule has 0 saturated heterocycles. The number of carbonyl (C=O) groups excluding carboxylic acids is 1. The fourth-order valence-corrected chi connectivity index (χ4v) is 2.61. The summed E-state index contributed by atoms with van der Waals surface area (Å²) in [6, 6.07) is 9.43. The van der Waals surface area contributed by atoms with E-state index in [4.69, 9.17) is 16.3 Å². The fourth-order valence-electron chi connectivity index (χ4n) is 2.46. The number of para-hydroxylation sites is 1. The lowest BCUT2D eigenvalue weighted by Crippen LogP contribution is -2.09. The molecule has 0 fully saturated rings. The van der Waals surface area contributed by atoms with E-state index >= 15 is 0 Å². The lowest BCUT2D eigenvalue weighted by molar-refractivity contribution is 0.0591. The molecule has 6 heteroatoms. The summed E-state index contributed by atoms with van der Waals surface area (Å²) in [6.07, 6.45) is 1.56. The molecule has 0 radical (unpaired) electrons. The molecule has 0 aliphatic carbocycles. The van der Waals surface area contributed by atoms with Gasteiger partial charge in [-0.15, -0.1) is 0 Å². The highest BCUT2D eigenvalue weighted by molar-refractivity contribution is 6.28. The van der Waals surface area contributed by atoms with Crippen molar-refractivity contribution in [1.82, 2.24) is 14.5 Å². The molecule has 0 aliphatic heterocycles. The number of ether oxygens (including phenoxy) is 1. The van der Waals surface area contributed by atoms with Gasteiger partial charge in [0.1, 0.15) is 5.69 Å². The van der Waals surface area contributed by atoms with E-state index in [-0.39, 0.29) is 5.28 Å². The van der Waals surface area contributed by atoms with E-state index in [9.17, 15) is 4.79 Å². The van der Waals surface area contributed by atoms with Gasteiger partial charge in [0.15, 0.2) is 0 Å². The van der Waals surface area contributed by atoms with Crippen molar-refractivity contribution in [2.45, 2.75) is 0 Å². The van der Waals surface area contributed by atoms with Crippen LogP contribution < -0.4 is 0 Å². The van der Waals surface area contributed by atoms with Crippen LogP contribution in [0.15, 0.2) is 36.5 Å². The summed E-state index contributed by atoms with van der Waals surface area (Å²) >= 11 is 5.87. The zero-order valence-electron chi connectivity index (χ0n) is 11.5. The Kier molecular flexibility index (Phi) is 3.35. The van der Waals surface area contributed by atoms with Crippen molar-refractivity contribution in [2.75, 3.05) is 7.11 Å². The molecular weight excluding hydrogens is 290 g/mol. The number of methoxy groups -OCH3 is 1. The number of benzene rings is 1. The minimum atomic E-state index is -0.418. The van der Waals surface area contributed by atoms with Gasteiger partial charge in [0.05, 0.1) is 12.8 Å². The smallest absolute Gasteiger partial charge is 0.355 e. The first-order valence-corrected chi connectivity index (χ1v) is 6.66. The maximum atomic E-state index is 12.2. The molecule has 0 atom stereocenters. The number of hydrogen-bond acceptors (Lipinski definition) is 4. The normalized spacial score (nSPS) is 10.8. The predicted molar refractivity (Wildman–Crippen MR) is 80.3 cm³/mol. The molecular formula is C15H12ClN3O2. The second kappa shape index (κ2) is 5.18. The van der Waals surface area contributed by atoms with Crippen LogP contribution in [-0.4, -0.2) is 27.6 Å². The second-order valence-electron chi connectivity index (χ2n) is 4.50. The van der Waals surface area contributed by atoms with Gasteiger partial charge in [0.2, 0.25) is 5.28 Å². The Hall–Kier alpha value is -2.40. The predicted octanol–water partition coefficient (Wildman–Crippen LogP) is 3.08. The highest BCUT2D eigenvalue weighted by Crippen LogP contribution is 2.33. The minimum Gasteiger partial charge on any atom is -0.464 e. The van der Waals surface area contributed by atoms with Gasteiger partial charge < -0.3 is 9.30 Å². The van der Waals surface area contributed by atoms with E-state index in [1.54, 1.807) is 16.8 Å². The van der Waals surface area contributed by atoms with E-state index in [2.05, 4.69) is 9.97 Å². The molecule has 5 nitrogen and oxygen atoms in total. The van der Waals surface area contributed by atoms with E-state index < -0.39 is 5.97 Å². The first kappa shape index (κ1) is 13.6. The van der Waals surface area contributed by atoms with Crippen LogP contribution in [0.1, 0.15) is 10.5 Å². The maximum absolute atomic E-state index is 12.2. The lowest BCUT2D eigenvalue weighted by Gasteiger charge is -2.05. The summed E-state index contributed by atoms with van der Waals surface area (Å²) in [5, 5.41) is 1.05. The van der Waals surface area contributed by atoms with E-state index in [1.807, 2.05) is 31.3 Å². The van der Waals surface area contributed by atoms with Crippen LogP contribution in [0.5, 0.6) is 0 Å². The van der Waals surface area contributed by atoms with Gasteiger partial charge in [-0.3, -0.25) is 0 Å². The van der Waals surface area contributed by atoms with Gasteiger partial charge >= 0.3 is 5.97 Å². The van der Waals surface area contributed by atoms with Crippen molar-refractivity contribution in [2.24, 2.45) is 7.05 Å². The number of aromatic nitrogens is 3. The summed E-state index contributed by atoms with van der Waals surface area (Å²) in [7, 11) is 3.18. The van der Waals surface area contributed by atoms with Crippen LogP contribution in [0.4, 0.5) is 0 Å². The average Bonchev–Trinajstić information content (AvgIpc) is 2.80. The Morgan fingerprint density at radius 1 is 1.29 bits per heavy atom. The third-order valence-corrected chi connectivity index (χ3v) is 3.55. The molecule has 1 aromatic carbocycles. The number of nitrogens with zero attached hydrogens (tertiary/aromatic N) is 3. The van der Waals surface area contributed by atoms with Crippen molar-refractivity contribution < 1.29 is 9.53 Å². The van der Waals surface area contributed by atoms with E-state index in [0.29, 0.717) is 17.0 Å². The standard InChI is InChI=1S/C15H12ClN3O2/c1-19-11-6-4-3-5-9(11)12(13(19)14(20)21-2)10-7-8-17-15(16)18-10/h3-8H,1-2H3. The molecule has 0 spiro atoms. The molecule has 0 saturated carbocycles. The van der Waals surface area contributed by atoms with Crippen LogP contribution >= 0.6 is 11.6 Å². The van der Waals surface area contributed by atoms with Gasteiger partial charge in [-0.25, -0.2) is 14.8 Å². The highest BCUT2D eigenvalue weighted by atomic mass is 35.5. The number of hydrogen-bond donors (Lipinski definition) is 0. The monoisotopic (exact) mass is 301 g/mol. The van der Waals surface area contributed by atoms with Gasteiger partial charge in [-0.1, -0.05) is 18.2 Å². The first-order valence-electron chi connectivity index (χ1n) is 6.28. The lowest BCUT2D eigenvalue weighted by atomic mass is 10.1. The van der Waals surface area contributed by atoms with Crippen LogP contribution in [-0.2, 0) is 11.8 Å². The summed E-state index contributed by atoms with van der Waals surface area (Å²) in [5.74, 6) is -0.418. The Bertz CT molecular complexity index is 842. The molecule has 2 heterocycles. The van der Waals surface area contributed by atoms with Crippen LogP contribution in [0.2, 0.25) is 5.28 Å². The Labute approximate surface area is 126 Å². The van der Waals surface area contributed by atoms with Gasteiger partial charge in [-0.05, 0) is 23.7 Å². The molecule has 0 aliphatic rings. The summed E-state index contributed by atoms with van der Waals surface area (Å²) in [4.78, 5) is 20.3. The van der Waals surface area contributed by atoms with Crippen molar-refractivity contribution in [1.29, 1.82) is 0 Å². The molecule has 3 aromatic rings. The number of carbonyl (C=O) groups is 1. The summed E-state index contributed by atoms with van der Waals surface area (Å²) in [5.41, 5.74) is 2.65. The Morgan fingerprint density at radius 3 is 2.76 bits per heavy atom. The van der Waals surface area contributed by atoms with Gasteiger partial charge in [-0.2, -0.15) is 0 Å². The van der Waals surface area contributed by atoms with Gasteiger partial charge in [0, 0.05) is 29.7 Å². The molecule has 21 heavy (non-hydrogen) atoms. The van der Waals surface area contributed by atoms with Crippen LogP contribution in [0.3, 0.4) is 0 Å². The number of fused-ring (bicyclic) bond motifs is 1. The maximum Gasteiger partial charge on any atom is 0.355 e. The molecule has 0 amide bonds. The SMILES string of the molecule is COC(=O)c1c(-c2ccnc(Cl)n2)c2ccccc2n1C. The Balaban J connectivity index is 2.42. The summed E-state index contributed by atoms with van der Waals surface area (Å²) < 4.78 is 6.70. The van der Waals surface area contributed by atoms with Crippen molar-refractivity contribution in [3.63, 3.8) is 0 Å². The van der Waals surface area contributed by atoms with Gasteiger partial charge in [0.25, 0.3) is 0 Å². The zero-order chi connectivity index (χ0) is 15.0. The molecule has 0 unspecified atom stereocenters. The number of halogens is 1. The largest absolute Gasteiger partial charge is 0.464 e. The van der Waals surface area contributed by atoms with Crippen molar-refractivity contribution >= 4 is 28.5 Å². The topological polar surface area (TPSA) is 57.0 Å². The molecule has 3 rings (SSSR count). The quantitative estimate of drug-likeness (QED) is 0.539. The third kappa shape index (κ3) is 2.15. The number of rotatable bonds is 2. The van der Waals surface area contributed by atoms with Crippen molar-refractivity contribution in [3.8, 4) is 11.3 Å². The second-order valence-corrected chi connectivity index (χ2v) is 4.84. The zero-order valence-corrected chi connectivity index (χ0v) is 12.3. The van der Waals surface area contributed by atoms with E-state index in [0.717, 1.165) is 10.9 Å². The first-order chi connectivity index (χ1) is 10.1. The summed E-state index contributed by atoms with van der Waals surface area (Å²) in [6.45, 7) is 0. The minimum absolute atomic E-state index is 0.135. The number of esters is 1. The van der Waals surface area contributed by atoms with Crippen LogP contribution in [0.25, 0.3) is 22.2 Å². The fraction of sp³-hybridized carbons (Fsp3) is 0.133. The van der Waals surface area contributed by atoms with E-state index in [1.165, 1.54) is 7.11 Å². The molecule has 0 N–H and O–H groups in total. The molecule has 0 bridgehead atoms. The number of aryl methyl sites for hydroxylation is 1. The molecule has 2 aromatic heterocycles. The third-order valence-electron chi connectivity index (χ3n) is 3.37. The average molecular weight is 302 g/mol. The Morgan fingerprint density at radius 2 is 2.05 bits per heavy atom. The highest BCUT2D eigenvalue weighted by Gasteiger charge is 2.23. The van der Waals surface area contributed by atoms with Crippen molar-refractivity contribution in [3.05, 3.63) is 47.5 Å². The van der Waals surface area contributed by atoms with Crippen LogP contribution in [0, 0.1) is 0 Å².